The van der Waals surface area contributed by atoms with E-state index in [-0.39, 0.29) is 0 Å². The van der Waals surface area contributed by atoms with Crippen LogP contribution in [0.25, 0.3) is 0 Å². The average Bonchev–Trinajstić information content (AvgIpc) is 2.61. The molecule has 0 spiro atoms. The summed E-state index contributed by atoms with van der Waals surface area (Å²) in [6.45, 7) is 15.5. The minimum Gasteiger partial charge on any atom is -0.318 e. The van der Waals surface area contributed by atoms with Crippen LogP contribution in [-0.2, 0) is 0 Å². The van der Waals surface area contributed by atoms with Crippen LogP contribution in [0.1, 0.15) is 41.0 Å². The van der Waals surface area contributed by atoms with Gasteiger partial charge in [-0.2, -0.15) is 0 Å². The maximum atomic E-state index is 3.34. The summed E-state index contributed by atoms with van der Waals surface area (Å²) in [7, 11) is 2.06. The highest BCUT2D eigenvalue weighted by Crippen LogP contribution is 2.34. The van der Waals surface area contributed by atoms with Crippen LogP contribution in [0.3, 0.4) is 0 Å². The highest BCUT2D eigenvalue weighted by atomic mass is 15.2. The van der Waals surface area contributed by atoms with Gasteiger partial charge < -0.3 is 5.32 Å². The molecule has 0 saturated carbocycles. The largest absolute Gasteiger partial charge is 0.318 e. The summed E-state index contributed by atoms with van der Waals surface area (Å²) in [4.78, 5) is 2.69. The van der Waals surface area contributed by atoms with Crippen molar-refractivity contribution in [2.24, 2.45) is 17.3 Å². The van der Waals surface area contributed by atoms with Crippen LogP contribution >= 0.6 is 0 Å². The summed E-state index contributed by atoms with van der Waals surface area (Å²) in [6.07, 6.45) is 1.37. The first-order valence-corrected chi connectivity index (χ1v) is 6.75. The number of nitrogens with one attached hydrogen (secondary N) is 1. The third-order valence-electron chi connectivity index (χ3n) is 4.10. The number of likely N-dealkylation sites (tertiary alicyclic amines) is 1. The van der Waals surface area contributed by atoms with Gasteiger partial charge in [0.1, 0.15) is 0 Å². The Kier molecular flexibility index (Phi) is 4.81. The van der Waals surface area contributed by atoms with Crippen molar-refractivity contribution in [3.63, 3.8) is 0 Å². The maximum Gasteiger partial charge on any atom is 0.0243 e. The molecule has 2 heteroatoms. The van der Waals surface area contributed by atoms with E-state index in [1.54, 1.807) is 0 Å². The van der Waals surface area contributed by atoms with Gasteiger partial charge in [-0.1, -0.05) is 34.6 Å². The smallest absolute Gasteiger partial charge is 0.0243 e. The van der Waals surface area contributed by atoms with Gasteiger partial charge in [0, 0.05) is 19.1 Å². The number of likely N-dealkylation sites (N-methyl/N-ethyl adjacent to an activating group) is 1. The van der Waals surface area contributed by atoms with E-state index in [9.17, 15) is 0 Å². The maximum absolute atomic E-state index is 3.34. The van der Waals surface area contributed by atoms with E-state index in [1.807, 2.05) is 0 Å². The molecular weight excluding hydrogens is 196 g/mol. The molecule has 0 aromatic rings. The van der Waals surface area contributed by atoms with Crippen LogP contribution < -0.4 is 5.32 Å². The minimum atomic E-state index is 0.468. The second-order valence-corrected chi connectivity index (χ2v) is 6.72. The summed E-state index contributed by atoms with van der Waals surface area (Å²) in [6, 6.07) is 0.706. The molecule has 0 amide bonds. The van der Waals surface area contributed by atoms with E-state index in [4.69, 9.17) is 0 Å². The summed E-state index contributed by atoms with van der Waals surface area (Å²) < 4.78 is 0. The van der Waals surface area contributed by atoms with Crippen LogP contribution in [0.15, 0.2) is 0 Å². The summed E-state index contributed by atoms with van der Waals surface area (Å²) in [5.41, 5.74) is 0.468. The molecule has 2 unspecified atom stereocenters. The fourth-order valence-corrected chi connectivity index (χ4v) is 2.79. The quantitative estimate of drug-likeness (QED) is 0.792. The van der Waals surface area contributed by atoms with Gasteiger partial charge in [0.15, 0.2) is 0 Å². The van der Waals surface area contributed by atoms with Crippen LogP contribution in [0.2, 0.25) is 0 Å². The van der Waals surface area contributed by atoms with E-state index >= 15 is 0 Å². The van der Waals surface area contributed by atoms with Crippen molar-refractivity contribution in [3.8, 4) is 0 Å². The topological polar surface area (TPSA) is 15.3 Å². The van der Waals surface area contributed by atoms with Gasteiger partial charge in [-0.05, 0) is 37.3 Å². The predicted octanol–water partition coefficient (Wildman–Crippen LogP) is 2.60. The second-order valence-electron chi connectivity index (χ2n) is 6.72. The molecule has 96 valence electrons. The molecule has 2 nitrogen and oxygen atoms in total. The summed E-state index contributed by atoms with van der Waals surface area (Å²) >= 11 is 0. The molecule has 1 N–H and O–H groups in total. The van der Waals surface area contributed by atoms with E-state index in [0.717, 1.165) is 18.4 Å². The molecule has 0 aromatic carbocycles. The SMILES string of the molecule is CNCC(C(C)C)N1CCC(C(C)(C)C)C1. The van der Waals surface area contributed by atoms with Crippen molar-refractivity contribution >= 4 is 0 Å². The number of hydrogen-bond acceptors (Lipinski definition) is 2. The van der Waals surface area contributed by atoms with Gasteiger partial charge in [-0.25, -0.2) is 0 Å². The van der Waals surface area contributed by atoms with Crippen LogP contribution in [-0.4, -0.2) is 37.6 Å². The fraction of sp³-hybridized carbons (Fsp3) is 1.00. The number of hydrogen-bond donors (Lipinski definition) is 1. The lowest BCUT2D eigenvalue weighted by atomic mass is 9.80. The van der Waals surface area contributed by atoms with E-state index < -0.39 is 0 Å². The zero-order valence-electron chi connectivity index (χ0n) is 12.0. The lowest BCUT2D eigenvalue weighted by Crippen LogP contribution is -2.44. The Bertz CT molecular complexity index is 205. The van der Waals surface area contributed by atoms with Gasteiger partial charge in [-0.15, -0.1) is 0 Å². The van der Waals surface area contributed by atoms with Crippen LogP contribution in [0.5, 0.6) is 0 Å². The molecule has 16 heavy (non-hydrogen) atoms. The molecule has 2 atom stereocenters. The Morgan fingerprint density at radius 2 is 1.94 bits per heavy atom. The predicted molar refractivity (Wildman–Crippen MR) is 71.7 cm³/mol. The first-order valence-electron chi connectivity index (χ1n) is 6.75. The lowest BCUT2D eigenvalue weighted by molar-refractivity contribution is 0.161. The molecule has 0 bridgehead atoms. The second kappa shape index (κ2) is 5.50. The molecule has 1 rings (SSSR count). The first kappa shape index (κ1) is 14.0. The Balaban J connectivity index is 2.56. The number of nitrogens with zero attached hydrogens (tertiary/aromatic N) is 1. The van der Waals surface area contributed by atoms with Crippen molar-refractivity contribution < 1.29 is 0 Å². The van der Waals surface area contributed by atoms with Crippen molar-refractivity contribution in [1.82, 2.24) is 10.2 Å². The van der Waals surface area contributed by atoms with E-state index in [2.05, 4.69) is 51.9 Å². The molecule has 1 saturated heterocycles. The van der Waals surface area contributed by atoms with Crippen molar-refractivity contribution in [2.75, 3.05) is 26.7 Å². The molecule has 1 fully saturated rings. The van der Waals surface area contributed by atoms with E-state index in [1.165, 1.54) is 19.5 Å². The molecule has 1 heterocycles. The van der Waals surface area contributed by atoms with Gasteiger partial charge in [0.25, 0.3) is 0 Å². The van der Waals surface area contributed by atoms with Crippen molar-refractivity contribution in [2.45, 2.75) is 47.1 Å². The third kappa shape index (κ3) is 3.46. The third-order valence-corrected chi connectivity index (χ3v) is 4.10. The molecule has 1 aliphatic heterocycles. The number of rotatable bonds is 4. The van der Waals surface area contributed by atoms with Gasteiger partial charge in [0.05, 0.1) is 0 Å². The molecule has 0 aliphatic carbocycles. The summed E-state index contributed by atoms with van der Waals surface area (Å²) in [5.74, 6) is 1.61. The normalized spacial score (nSPS) is 25.3. The highest BCUT2D eigenvalue weighted by molar-refractivity contribution is 4.88. The van der Waals surface area contributed by atoms with Crippen LogP contribution in [0, 0.1) is 17.3 Å². The van der Waals surface area contributed by atoms with Crippen LogP contribution in [0.4, 0.5) is 0 Å². The van der Waals surface area contributed by atoms with Crippen molar-refractivity contribution in [3.05, 3.63) is 0 Å². The zero-order valence-corrected chi connectivity index (χ0v) is 12.0. The molecule has 0 radical (unpaired) electrons. The molecular formula is C14H30N2. The fourth-order valence-electron chi connectivity index (χ4n) is 2.79. The van der Waals surface area contributed by atoms with Crippen molar-refractivity contribution in [1.29, 1.82) is 0 Å². The minimum absolute atomic E-state index is 0.468. The Labute approximate surface area is 102 Å². The molecule has 1 aliphatic rings. The summed E-state index contributed by atoms with van der Waals surface area (Å²) in [5, 5.41) is 3.34. The van der Waals surface area contributed by atoms with Gasteiger partial charge >= 0.3 is 0 Å². The lowest BCUT2D eigenvalue weighted by Gasteiger charge is -2.33. The molecule has 0 aromatic heterocycles. The average molecular weight is 226 g/mol. The monoisotopic (exact) mass is 226 g/mol. The zero-order chi connectivity index (χ0) is 12.3. The standard InChI is InChI=1S/C14H30N2/c1-11(2)13(9-15-6)16-8-7-12(10-16)14(3,4)5/h11-13,15H,7-10H2,1-6H3. The van der Waals surface area contributed by atoms with E-state index in [0.29, 0.717) is 11.5 Å². The highest BCUT2D eigenvalue weighted by Gasteiger charge is 2.35. The first-order chi connectivity index (χ1) is 7.36. The Morgan fingerprint density at radius 3 is 2.31 bits per heavy atom. The Morgan fingerprint density at radius 1 is 1.31 bits per heavy atom. The Hall–Kier alpha value is -0.0800. The van der Waals surface area contributed by atoms with Gasteiger partial charge in [-0.3, -0.25) is 4.90 Å². The van der Waals surface area contributed by atoms with Gasteiger partial charge in [0.2, 0.25) is 0 Å².